The number of carbonyl (C=O) groups is 1. The Balaban J connectivity index is 2.01. The third kappa shape index (κ3) is 1.99. The minimum Gasteiger partial charge on any atom is -0.475 e. The molecule has 22 heavy (non-hydrogen) atoms. The van der Waals surface area contributed by atoms with E-state index in [0.717, 1.165) is 31.3 Å². The highest BCUT2D eigenvalue weighted by Crippen LogP contribution is 2.33. The zero-order valence-electron chi connectivity index (χ0n) is 12.0. The molecule has 1 fully saturated rings. The van der Waals surface area contributed by atoms with Gasteiger partial charge in [0, 0.05) is 18.5 Å². The molecule has 1 aliphatic heterocycles. The van der Waals surface area contributed by atoms with E-state index in [1.165, 1.54) is 6.42 Å². The lowest BCUT2D eigenvalue weighted by molar-refractivity contribution is 0.0684. The molecule has 0 aliphatic carbocycles. The molecule has 0 radical (unpaired) electrons. The van der Waals surface area contributed by atoms with Crippen LogP contribution < -0.4 is 4.90 Å². The van der Waals surface area contributed by atoms with Gasteiger partial charge in [0.15, 0.2) is 11.4 Å². The highest BCUT2D eigenvalue weighted by molar-refractivity contribution is 6.06. The number of hydrogen-bond donors (Lipinski definition) is 1. The lowest BCUT2D eigenvalue weighted by Crippen LogP contribution is -2.30. The molecule has 6 nitrogen and oxygen atoms in total. The number of hydrogen-bond acceptors (Lipinski definition) is 5. The molecule has 0 amide bonds. The summed E-state index contributed by atoms with van der Waals surface area (Å²) in [6.07, 6.45) is 3.35. The Morgan fingerprint density at radius 2 is 1.91 bits per heavy atom. The van der Waals surface area contributed by atoms with Crippen LogP contribution in [0.1, 0.15) is 29.9 Å². The van der Waals surface area contributed by atoms with Gasteiger partial charge in [-0.05, 0) is 31.4 Å². The number of carboxylic acids is 1. The molecule has 0 spiro atoms. The molecule has 1 aromatic carbocycles. The van der Waals surface area contributed by atoms with Crippen LogP contribution in [-0.4, -0.2) is 34.1 Å². The van der Waals surface area contributed by atoms with Crippen molar-refractivity contribution in [1.82, 2.24) is 9.97 Å². The Morgan fingerprint density at radius 3 is 2.68 bits per heavy atom. The lowest BCUT2D eigenvalue weighted by atomic mass is 10.1. The highest BCUT2D eigenvalue weighted by Gasteiger charge is 2.23. The molecule has 3 heterocycles. The predicted molar refractivity (Wildman–Crippen MR) is 82.3 cm³/mol. The normalized spacial score (nSPS) is 15.5. The fraction of sp³-hybridized carbons (Fsp3) is 0.312. The first-order valence-electron chi connectivity index (χ1n) is 7.41. The first kappa shape index (κ1) is 13.1. The summed E-state index contributed by atoms with van der Waals surface area (Å²) < 4.78 is 5.91. The number of anilines is 1. The zero-order chi connectivity index (χ0) is 15.1. The number of piperidine rings is 1. The number of rotatable bonds is 2. The molecule has 0 saturated carbocycles. The van der Waals surface area contributed by atoms with E-state index in [4.69, 9.17) is 4.42 Å². The van der Waals surface area contributed by atoms with Crippen molar-refractivity contribution in [2.24, 2.45) is 0 Å². The minimum atomic E-state index is -1.12. The van der Waals surface area contributed by atoms with E-state index in [2.05, 4.69) is 14.9 Å². The van der Waals surface area contributed by atoms with Crippen LogP contribution in [-0.2, 0) is 0 Å². The zero-order valence-corrected chi connectivity index (χ0v) is 12.0. The molecule has 4 rings (SSSR count). The molecule has 1 N–H and O–H groups in total. The van der Waals surface area contributed by atoms with Gasteiger partial charge >= 0.3 is 5.97 Å². The van der Waals surface area contributed by atoms with Crippen LogP contribution in [0.15, 0.2) is 28.7 Å². The monoisotopic (exact) mass is 297 g/mol. The topological polar surface area (TPSA) is 79.5 Å². The maximum atomic E-state index is 11.4. The predicted octanol–water partition coefficient (Wildman–Crippen LogP) is 3.06. The van der Waals surface area contributed by atoms with E-state index in [1.807, 2.05) is 24.3 Å². The molecule has 1 saturated heterocycles. The third-order valence-electron chi connectivity index (χ3n) is 4.05. The van der Waals surface area contributed by atoms with E-state index < -0.39 is 5.97 Å². The smallest absolute Gasteiger partial charge is 0.374 e. The van der Waals surface area contributed by atoms with Gasteiger partial charge in [-0.25, -0.2) is 14.8 Å². The molecule has 6 heteroatoms. The largest absolute Gasteiger partial charge is 0.475 e. The number of nitrogens with zero attached hydrogens (tertiary/aromatic N) is 3. The van der Waals surface area contributed by atoms with Crippen LogP contribution in [0.3, 0.4) is 0 Å². The Hall–Kier alpha value is -2.63. The summed E-state index contributed by atoms with van der Waals surface area (Å²) in [5, 5.41) is 10.1. The molecular weight excluding hydrogens is 282 g/mol. The molecule has 0 bridgehead atoms. The quantitative estimate of drug-likeness (QED) is 0.783. The minimum absolute atomic E-state index is 0.181. The number of para-hydroxylation sites is 1. The van der Waals surface area contributed by atoms with Crippen LogP contribution >= 0.6 is 0 Å². The van der Waals surface area contributed by atoms with E-state index in [9.17, 15) is 9.90 Å². The first-order valence-corrected chi connectivity index (χ1v) is 7.41. The van der Waals surface area contributed by atoms with Gasteiger partial charge in [0.2, 0.25) is 5.82 Å². The van der Waals surface area contributed by atoms with Crippen LogP contribution in [0.25, 0.3) is 22.1 Å². The van der Waals surface area contributed by atoms with Gasteiger partial charge in [0.1, 0.15) is 11.1 Å². The van der Waals surface area contributed by atoms with Gasteiger partial charge < -0.3 is 14.4 Å². The standard InChI is InChI=1S/C16H15N3O3/c20-16(21)14-17-12-10-6-2-3-7-11(10)22-13(12)15(18-14)19-8-4-1-5-9-19/h2-3,6-7H,1,4-5,8-9H2,(H,20,21). The second-order valence-electron chi connectivity index (χ2n) is 5.50. The Kier molecular flexibility index (Phi) is 2.96. The number of carboxylic acid groups (broad SMARTS) is 1. The van der Waals surface area contributed by atoms with Crippen LogP contribution in [0, 0.1) is 0 Å². The molecule has 2 aromatic heterocycles. The molecule has 1 aliphatic rings. The van der Waals surface area contributed by atoms with Crippen molar-refractivity contribution in [2.45, 2.75) is 19.3 Å². The number of benzene rings is 1. The number of fused-ring (bicyclic) bond motifs is 3. The van der Waals surface area contributed by atoms with Crippen molar-refractivity contribution < 1.29 is 14.3 Å². The van der Waals surface area contributed by atoms with Crippen molar-refractivity contribution in [3.63, 3.8) is 0 Å². The van der Waals surface area contributed by atoms with Crippen molar-refractivity contribution in [3.05, 3.63) is 30.1 Å². The molecule has 0 atom stereocenters. The third-order valence-corrected chi connectivity index (χ3v) is 4.05. The van der Waals surface area contributed by atoms with Crippen LogP contribution in [0.4, 0.5) is 5.82 Å². The van der Waals surface area contributed by atoms with Gasteiger partial charge in [-0.1, -0.05) is 12.1 Å². The van der Waals surface area contributed by atoms with Crippen molar-refractivity contribution in [3.8, 4) is 0 Å². The maximum absolute atomic E-state index is 11.4. The molecular formula is C16H15N3O3. The first-order chi connectivity index (χ1) is 10.7. The second kappa shape index (κ2) is 4.98. The van der Waals surface area contributed by atoms with Crippen LogP contribution in [0.5, 0.6) is 0 Å². The van der Waals surface area contributed by atoms with E-state index in [0.29, 0.717) is 22.5 Å². The number of furan rings is 1. The average molecular weight is 297 g/mol. The fourth-order valence-corrected chi connectivity index (χ4v) is 2.99. The second-order valence-corrected chi connectivity index (χ2v) is 5.50. The average Bonchev–Trinajstić information content (AvgIpc) is 2.93. The van der Waals surface area contributed by atoms with E-state index in [-0.39, 0.29) is 5.82 Å². The van der Waals surface area contributed by atoms with E-state index >= 15 is 0 Å². The Bertz CT molecular complexity index is 866. The van der Waals surface area contributed by atoms with Crippen molar-refractivity contribution >= 4 is 33.9 Å². The van der Waals surface area contributed by atoms with Gasteiger partial charge in [-0.3, -0.25) is 0 Å². The Morgan fingerprint density at radius 1 is 1.14 bits per heavy atom. The number of aromatic nitrogens is 2. The molecule has 112 valence electrons. The molecule has 0 unspecified atom stereocenters. The molecule has 3 aromatic rings. The number of aromatic carboxylic acids is 1. The summed E-state index contributed by atoms with van der Waals surface area (Å²) in [7, 11) is 0. The van der Waals surface area contributed by atoms with Gasteiger partial charge in [-0.15, -0.1) is 0 Å². The fourth-order valence-electron chi connectivity index (χ4n) is 2.99. The highest BCUT2D eigenvalue weighted by atomic mass is 16.4. The van der Waals surface area contributed by atoms with Gasteiger partial charge in [-0.2, -0.15) is 0 Å². The van der Waals surface area contributed by atoms with Gasteiger partial charge in [0.05, 0.1) is 0 Å². The van der Waals surface area contributed by atoms with E-state index in [1.54, 1.807) is 0 Å². The Labute approximate surface area is 126 Å². The summed E-state index contributed by atoms with van der Waals surface area (Å²) in [5.74, 6) is -0.705. The summed E-state index contributed by atoms with van der Waals surface area (Å²) in [6, 6.07) is 7.52. The lowest BCUT2D eigenvalue weighted by Gasteiger charge is -2.27. The van der Waals surface area contributed by atoms with Crippen LogP contribution in [0.2, 0.25) is 0 Å². The van der Waals surface area contributed by atoms with Crippen molar-refractivity contribution in [1.29, 1.82) is 0 Å². The van der Waals surface area contributed by atoms with Gasteiger partial charge in [0.25, 0.3) is 0 Å². The maximum Gasteiger partial charge on any atom is 0.374 e. The summed E-state index contributed by atoms with van der Waals surface area (Å²) >= 11 is 0. The summed E-state index contributed by atoms with van der Waals surface area (Å²) in [4.78, 5) is 21.9. The van der Waals surface area contributed by atoms with Crippen molar-refractivity contribution in [2.75, 3.05) is 18.0 Å². The SMILES string of the molecule is O=C(O)c1nc(N2CCCCC2)c2oc3ccccc3c2n1. The summed E-state index contributed by atoms with van der Waals surface area (Å²) in [5.41, 5.74) is 1.85. The summed E-state index contributed by atoms with van der Waals surface area (Å²) in [6.45, 7) is 1.73.